The second-order valence-electron chi connectivity index (χ2n) is 8.63. The van der Waals surface area contributed by atoms with Crippen molar-refractivity contribution < 1.29 is 0 Å². The standard InChI is InChI=1S/C22H24N4/c1-14-2-4-15(5-3-14)12-26-13-22-10-17(22)9-20(21(22)26)24-18-6-7-19-16(8-18)11-23-25-19/h2-8,11,17,20-21,24H,9-10,12-13H2,1H3,(H,23,25). The van der Waals surface area contributed by atoms with Crippen LogP contribution in [0.5, 0.6) is 0 Å². The number of anilines is 1. The molecule has 1 aromatic heterocycles. The average Bonchev–Trinajstić information content (AvgIpc) is 3.04. The number of H-pyrrole nitrogens is 1. The third-order valence-electron chi connectivity index (χ3n) is 6.98. The molecule has 1 aliphatic heterocycles. The highest BCUT2D eigenvalue weighted by molar-refractivity contribution is 5.81. The van der Waals surface area contributed by atoms with E-state index in [1.54, 1.807) is 0 Å². The van der Waals surface area contributed by atoms with Gasteiger partial charge in [-0.15, -0.1) is 0 Å². The molecule has 2 saturated carbocycles. The lowest BCUT2D eigenvalue weighted by molar-refractivity contribution is -0.00696. The van der Waals surface area contributed by atoms with Gasteiger partial charge < -0.3 is 5.32 Å². The zero-order valence-corrected chi connectivity index (χ0v) is 15.1. The van der Waals surface area contributed by atoms with Crippen LogP contribution < -0.4 is 5.32 Å². The molecular weight excluding hydrogens is 320 g/mol. The quantitative estimate of drug-likeness (QED) is 0.753. The highest BCUT2D eigenvalue weighted by atomic mass is 15.3. The number of nitrogens with zero attached hydrogens (tertiary/aromatic N) is 2. The van der Waals surface area contributed by atoms with Crippen molar-refractivity contribution in [1.29, 1.82) is 0 Å². The molecule has 1 saturated heterocycles. The number of hydrogen-bond donors (Lipinski definition) is 2. The minimum absolute atomic E-state index is 0.567. The summed E-state index contributed by atoms with van der Waals surface area (Å²) in [5, 5.41) is 12.2. The Bertz CT molecular complexity index is 975. The van der Waals surface area contributed by atoms with E-state index in [2.05, 4.69) is 69.8 Å². The number of aromatic amines is 1. The van der Waals surface area contributed by atoms with E-state index >= 15 is 0 Å². The molecule has 2 aromatic carbocycles. The van der Waals surface area contributed by atoms with Crippen LogP contribution in [0.3, 0.4) is 0 Å². The first-order valence-corrected chi connectivity index (χ1v) is 9.71. The van der Waals surface area contributed by atoms with Gasteiger partial charge in [0.1, 0.15) is 0 Å². The Morgan fingerprint density at radius 2 is 2.12 bits per heavy atom. The molecule has 26 heavy (non-hydrogen) atoms. The molecular formula is C22H24N4. The van der Waals surface area contributed by atoms with Gasteiger partial charge in [0, 0.05) is 41.7 Å². The third-order valence-corrected chi connectivity index (χ3v) is 6.98. The fraction of sp³-hybridized carbons (Fsp3) is 0.409. The molecule has 2 heterocycles. The van der Waals surface area contributed by atoms with Crippen molar-refractivity contribution in [1.82, 2.24) is 15.1 Å². The van der Waals surface area contributed by atoms with Gasteiger partial charge in [0.25, 0.3) is 0 Å². The minimum atomic E-state index is 0.567. The number of nitrogens with one attached hydrogen (secondary N) is 2. The molecule has 3 aliphatic rings. The van der Waals surface area contributed by atoms with Crippen molar-refractivity contribution in [2.24, 2.45) is 11.3 Å². The molecule has 3 aromatic rings. The van der Waals surface area contributed by atoms with Gasteiger partial charge in [-0.1, -0.05) is 29.8 Å². The summed E-state index contributed by atoms with van der Waals surface area (Å²) in [5.41, 5.74) is 5.73. The predicted octanol–water partition coefficient (Wildman–Crippen LogP) is 3.95. The van der Waals surface area contributed by atoms with Gasteiger partial charge in [0.05, 0.1) is 11.7 Å². The molecule has 0 bridgehead atoms. The van der Waals surface area contributed by atoms with Crippen molar-refractivity contribution in [3.63, 3.8) is 0 Å². The highest BCUT2D eigenvalue weighted by Crippen LogP contribution is 2.70. The van der Waals surface area contributed by atoms with E-state index < -0.39 is 0 Å². The van der Waals surface area contributed by atoms with E-state index in [1.165, 1.54) is 41.6 Å². The average molecular weight is 344 g/mol. The van der Waals surface area contributed by atoms with E-state index in [1.807, 2.05) is 6.20 Å². The van der Waals surface area contributed by atoms with Gasteiger partial charge in [0.2, 0.25) is 0 Å². The summed E-state index contributed by atoms with van der Waals surface area (Å²) in [6.45, 7) is 4.53. The fourth-order valence-corrected chi connectivity index (χ4v) is 5.65. The Morgan fingerprint density at radius 1 is 1.23 bits per heavy atom. The van der Waals surface area contributed by atoms with Crippen LogP contribution >= 0.6 is 0 Å². The molecule has 4 heteroatoms. The number of aryl methyl sites for hydroxylation is 1. The van der Waals surface area contributed by atoms with Crippen LogP contribution in [-0.4, -0.2) is 33.7 Å². The minimum Gasteiger partial charge on any atom is -0.381 e. The Labute approximate surface area is 153 Å². The van der Waals surface area contributed by atoms with Gasteiger partial charge in [-0.25, -0.2) is 0 Å². The predicted molar refractivity (Wildman–Crippen MR) is 104 cm³/mol. The Morgan fingerprint density at radius 3 is 3.00 bits per heavy atom. The number of benzene rings is 2. The van der Waals surface area contributed by atoms with Gasteiger partial charge in [-0.3, -0.25) is 10.00 Å². The van der Waals surface area contributed by atoms with E-state index in [-0.39, 0.29) is 0 Å². The lowest BCUT2D eigenvalue weighted by Crippen LogP contribution is -2.61. The summed E-state index contributed by atoms with van der Waals surface area (Å²) >= 11 is 0. The SMILES string of the molecule is Cc1ccc(CN2CC34CC3CC(Nc3ccc5[nH]ncc5c3)C24)cc1. The monoisotopic (exact) mass is 344 g/mol. The number of likely N-dealkylation sites (tertiary alicyclic amines) is 1. The fourth-order valence-electron chi connectivity index (χ4n) is 5.65. The van der Waals surface area contributed by atoms with Crippen LogP contribution in [0.15, 0.2) is 48.7 Å². The molecule has 0 amide bonds. The molecule has 3 fully saturated rings. The molecule has 4 atom stereocenters. The molecule has 4 unspecified atom stereocenters. The smallest absolute Gasteiger partial charge is 0.0651 e. The van der Waals surface area contributed by atoms with Crippen LogP contribution in [-0.2, 0) is 6.54 Å². The van der Waals surface area contributed by atoms with E-state index in [0.717, 1.165) is 18.0 Å². The second kappa shape index (κ2) is 5.10. The third kappa shape index (κ3) is 2.08. The molecule has 132 valence electrons. The van der Waals surface area contributed by atoms with Crippen molar-refractivity contribution >= 4 is 16.6 Å². The molecule has 1 spiro atoms. The first-order chi connectivity index (χ1) is 12.7. The largest absolute Gasteiger partial charge is 0.381 e. The van der Waals surface area contributed by atoms with Gasteiger partial charge >= 0.3 is 0 Å². The molecule has 6 rings (SSSR count). The number of aromatic nitrogens is 2. The zero-order valence-electron chi connectivity index (χ0n) is 15.1. The topological polar surface area (TPSA) is 44.0 Å². The normalized spacial score (nSPS) is 32.1. The van der Waals surface area contributed by atoms with Gasteiger partial charge in [0.15, 0.2) is 0 Å². The molecule has 2 aliphatic carbocycles. The van der Waals surface area contributed by atoms with Crippen LogP contribution in [0, 0.1) is 18.3 Å². The van der Waals surface area contributed by atoms with Crippen LogP contribution in [0.4, 0.5) is 5.69 Å². The summed E-state index contributed by atoms with van der Waals surface area (Å²) in [6.07, 6.45) is 4.67. The lowest BCUT2D eigenvalue weighted by atomic mass is 9.83. The van der Waals surface area contributed by atoms with Crippen LogP contribution in [0.1, 0.15) is 24.0 Å². The van der Waals surface area contributed by atoms with Gasteiger partial charge in [-0.05, 0) is 49.4 Å². The zero-order chi connectivity index (χ0) is 17.3. The summed E-state index contributed by atoms with van der Waals surface area (Å²) in [7, 11) is 0. The molecule has 2 N–H and O–H groups in total. The Balaban J connectivity index is 1.22. The van der Waals surface area contributed by atoms with E-state index in [0.29, 0.717) is 17.5 Å². The summed E-state index contributed by atoms with van der Waals surface area (Å²) in [6, 6.07) is 16.8. The van der Waals surface area contributed by atoms with Crippen molar-refractivity contribution in [2.75, 3.05) is 11.9 Å². The Hall–Kier alpha value is -2.33. The summed E-state index contributed by atoms with van der Waals surface area (Å²) < 4.78 is 0. The lowest BCUT2D eigenvalue weighted by Gasteiger charge is -2.50. The number of fused-ring (bicyclic) bond motifs is 1. The molecule has 4 nitrogen and oxygen atoms in total. The van der Waals surface area contributed by atoms with Crippen molar-refractivity contribution in [3.8, 4) is 0 Å². The van der Waals surface area contributed by atoms with Crippen molar-refractivity contribution in [3.05, 3.63) is 59.8 Å². The number of hydrogen-bond acceptors (Lipinski definition) is 3. The first kappa shape index (κ1) is 14.8. The Kier molecular flexibility index (Phi) is 2.91. The van der Waals surface area contributed by atoms with Crippen LogP contribution in [0.2, 0.25) is 0 Å². The maximum Gasteiger partial charge on any atom is 0.0651 e. The summed E-state index contributed by atoms with van der Waals surface area (Å²) in [4.78, 5) is 2.70. The summed E-state index contributed by atoms with van der Waals surface area (Å²) in [5.74, 6) is 0.942. The maximum absolute atomic E-state index is 4.13. The van der Waals surface area contributed by atoms with E-state index in [9.17, 15) is 0 Å². The second-order valence-corrected chi connectivity index (χ2v) is 8.63. The van der Waals surface area contributed by atoms with Crippen molar-refractivity contribution in [2.45, 2.75) is 38.4 Å². The highest BCUT2D eigenvalue weighted by Gasteiger charge is 2.73. The maximum atomic E-state index is 4.13. The van der Waals surface area contributed by atoms with E-state index in [4.69, 9.17) is 0 Å². The molecule has 0 radical (unpaired) electrons. The van der Waals surface area contributed by atoms with Crippen LogP contribution in [0.25, 0.3) is 10.9 Å². The van der Waals surface area contributed by atoms with Gasteiger partial charge in [-0.2, -0.15) is 5.10 Å². The first-order valence-electron chi connectivity index (χ1n) is 9.71. The number of rotatable bonds is 4.